The molecular formula is C16H17N3O3. The van der Waals surface area contributed by atoms with Crippen LogP contribution in [0.2, 0.25) is 0 Å². The smallest absolute Gasteiger partial charge is 0.306 e. The molecule has 0 saturated heterocycles. The Hall–Kier alpha value is -2.63. The summed E-state index contributed by atoms with van der Waals surface area (Å²) in [4.78, 5) is 22.8. The molecule has 1 fully saturated rings. The molecule has 114 valence electrons. The number of carbonyl (C=O) groups excluding carboxylic acids is 1. The second kappa shape index (κ2) is 6.01. The highest BCUT2D eigenvalue weighted by Gasteiger charge is 2.35. The van der Waals surface area contributed by atoms with E-state index >= 15 is 0 Å². The van der Waals surface area contributed by atoms with Crippen LogP contribution in [-0.4, -0.2) is 32.8 Å². The molecule has 6 nitrogen and oxygen atoms in total. The number of hydrogen-bond donors (Lipinski definition) is 2. The van der Waals surface area contributed by atoms with Gasteiger partial charge in [-0.15, -0.1) is 0 Å². The van der Waals surface area contributed by atoms with Crippen molar-refractivity contribution in [3.63, 3.8) is 0 Å². The molecule has 1 aliphatic rings. The topological polar surface area (TPSA) is 84.2 Å². The zero-order valence-electron chi connectivity index (χ0n) is 12.0. The fraction of sp³-hybridized carbons (Fsp3) is 0.312. The third-order valence-electron chi connectivity index (χ3n) is 3.91. The standard InChI is InChI=1S/C16H17N3O3/c20-15(18-14-6-12(7-14)16(21)22)13-8-17-19(10-13)9-11-4-2-1-3-5-11/h1-5,8,10,12,14H,6-7,9H2,(H,18,20)(H,21,22). The minimum absolute atomic E-state index is 0.0499. The van der Waals surface area contributed by atoms with E-state index in [-0.39, 0.29) is 17.9 Å². The van der Waals surface area contributed by atoms with Crippen LogP contribution in [0.5, 0.6) is 0 Å². The Morgan fingerprint density at radius 2 is 2.00 bits per heavy atom. The molecule has 1 saturated carbocycles. The Labute approximate surface area is 127 Å². The van der Waals surface area contributed by atoms with Gasteiger partial charge in [0.1, 0.15) is 0 Å². The summed E-state index contributed by atoms with van der Waals surface area (Å²) in [6.45, 7) is 0.610. The van der Waals surface area contributed by atoms with Crippen LogP contribution in [0.1, 0.15) is 28.8 Å². The summed E-state index contributed by atoms with van der Waals surface area (Å²) in [6.07, 6.45) is 4.24. The second-order valence-electron chi connectivity index (χ2n) is 5.59. The van der Waals surface area contributed by atoms with Gasteiger partial charge in [0.05, 0.1) is 24.2 Å². The molecule has 3 rings (SSSR count). The van der Waals surface area contributed by atoms with Crippen molar-refractivity contribution < 1.29 is 14.7 Å². The van der Waals surface area contributed by atoms with Crippen molar-refractivity contribution in [3.8, 4) is 0 Å². The fourth-order valence-corrected chi connectivity index (χ4v) is 2.54. The first kappa shape index (κ1) is 14.3. The minimum atomic E-state index is -0.791. The number of aromatic nitrogens is 2. The number of amides is 1. The van der Waals surface area contributed by atoms with Gasteiger partial charge in [-0.25, -0.2) is 0 Å². The van der Waals surface area contributed by atoms with Gasteiger partial charge in [0, 0.05) is 12.2 Å². The molecule has 1 aromatic carbocycles. The molecule has 1 amide bonds. The lowest BCUT2D eigenvalue weighted by Gasteiger charge is -2.32. The first-order valence-electron chi connectivity index (χ1n) is 7.22. The maximum atomic E-state index is 12.1. The highest BCUT2D eigenvalue weighted by Crippen LogP contribution is 2.27. The summed E-state index contributed by atoms with van der Waals surface area (Å²) >= 11 is 0. The van der Waals surface area contributed by atoms with Crippen LogP contribution in [-0.2, 0) is 11.3 Å². The Morgan fingerprint density at radius 3 is 2.68 bits per heavy atom. The Morgan fingerprint density at radius 1 is 1.27 bits per heavy atom. The molecule has 2 N–H and O–H groups in total. The maximum absolute atomic E-state index is 12.1. The minimum Gasteiger partial charge on any atom is -0.481 e. The van der Waals surface area contributed by atoms with Crippen molar-refractivity contribution in [2.45, 2.75) is 25.4 Å². The van der Waals surface area contributed by atoms with Crippen LogP contribution >= 0.6 is 0 Å². The van der Waals surface area contributed by atoms with E-state index in [1.165, 1.54) is 6.20 Å². The molecule has 0 unspecified atom stereocenters. The number of benzene rings is 1. The molecule has 1 aromatic heterocycles. The van der Waals surface area contributed by atoms with Crippen LogP contribution in [0.4, 0.5) is 0 Å². The Balaban J connectivity index is 1.55. The van der Waals surface area contributed by atoms with Crippen molar-refractivity contribution >= 4 is 11.9 Å². The lowest BCUT2D eigenvalue weighted by Crippen LogP contribution is -2.46. The van der Waals surface area contributed by atoms with Gasteiger partial charge in [0.15, 0.2) is 0 Å². The van der Waals surface area contributed by atoms with Gasteiger partial charge < -0.3 is 10.4 Å². The molecule has 1 heterocycles. The van der Waals surface area contributed by atoms with Gasteiger partial charge in [-0.2, -0.15) is 5.10 Å². The largest absolute Gasteiger partial charge is 0.481 e. The van der Waals surface area contributed by atoms with Crippen LogP contribution in [0.25, 0.3) is 0 Å². The van der Waals surface area contributed by atoms with E-state index in [4.69, 9.17) is 5.11 Å². The van der Waals surface area contributed by atoms with E-state index in [1.807, 2.05) is 30.3 Å². The van der Waals surface area contributed by atoms with Gasteiger partial charge in [-0.3, -0.25) is 14.3 Å². The maximum Gasteiger partial charge on any atom is 0.306 e. The summed E-state index contributed by atoms with van der Waals surface area (Å²) < 4.78 is 1.71. The summed E-state index contributed by atoms with van der Waals surface area (Å²) in [6, 6.07) is 9.83. The predicted octanol–water partition coefficient (Wildman–Crippen LogP) is 1.52. The zero-order chi connectivity index (χ0) is 15.5. The van der Waals surface area contributed by atoms with Crippen molar-refractivity contribution in [2.75, 3.05) is 0 Å². The van der Waals surface area contributed by atoms with Crippen LogP contribution in [0.15, 0.2) is 42.7 Å². The average molecular weight is 299 g/mol. The summed E-state index contributed by atoms with van der Waals surface area (Å²) in [5, 5.41) is 15.8. The van der Waals surface area contributed by atoms with E-state index in [0.717, 1.165) is 5.56 Å². The molecule has 2 aromatic rings. The number of carbonyl (C=O) groups is 2. The number of nitrogens with one attached hydrogen (secondary N) is 1. The Kier molecular flexibility index (Phi) is 3.91. The normalized spacial score (nSPS) is 20.2. The summed E-state index contributed by atoms with van der Waals surface area (Å²) in [7, 11) is 0. The number of rotatable bonds is 5. The van der Waals surface area contributed by atoms with Gasteiger partial charge in [-0.05, 0) is 18.4 Å². The number of hydrogen-bond acceptors (Lipinski definition) is 3. The van der Waals surface area contributed by atoms with E-state index < -0.39 is 5.97 Å². The monoisotopic (exact) mass is 299 g/mol. The molecule has 0 atom stereocenters. The van der Waals surface area contributed by atoms with Crippen molar-refractivity contribution in [2.24, 2.45) is 5.92 Å². The fourth-order valence-electron chi connectivity index (χ4n) is 2.54. The molecule has 0 radical (unpaired) electrons. The van der Waals surface area contributed by atoms with Crippen LogP contribution < -0.4 is 5.32 Å². The molecular weight excluding hydrogens is 282 g/mol. The van der Waals surface area contributed by atoms with Gasteiger partial charge in [0.25, 0.3) is 5.91 Å². The average Bonchev–Trinajstić information content (AvgIpc) is 2.91. The number of carboxylic acid groups (broad SMARTS) is 1. The van der Waals surface area contributed by atoms with Crippen molar-refractivity contribution in [1.82, 2.24) is 15.1 Å². The van der Waals surface area contributed by atoms with E-state index in [1.54, 1.807) is 10.9 Å². The first-order valence-corrected chi connectivity index (χ1v) is 7.22. The van der Waals surface area contributed by atoms with Crippen LogP contribution in [0, 0.1) is 5.92 Å². The van der Waals surface area contributed by atoms with Crippen molar-refractivity contribution in [1.29, 1.82) is 0 Å². The molecule has 6 heteroatoms. The highest BCUT2D eigenvalue weighted by atomic mass is 16.4. The lowest BCUT2D eigenvalue weighted by molar-refractivity contribution is -0.145. The SMILES string of the molecule is O=C(NC1CC(C(=O)O)C1)c1cnn(Cc2ccccc2)c1. The quantitative estimate of drug-likeness (QED) is 0.877. The third kappa shape index (κ3) is 3.16. The number of nitrogens with zero attached hydrogens (tertiary/aromatic N) is 2. The highest BCUT2D eigenvalue weighted by molar-refractivity contribution is 5.94. The first-order chi connectivity index (χ1) is 10.6. The zero-order valence-corrected chi connectivity index (χ0v) is 12.0. The summed E-state index contributed by atoms with van der Waals surface area (Å²) in [5.41, 5.74) is 1.61. The van der Waals surface area contributed by atoms with Gasteiger partial charge in [-0.1, -0.05) is 30.3 Å². The second-order valence-corrected chi connectivity index (χ2v) is 5.59. The molecule has 0 spiro atoms. The van der Waals surface area contributed by atoms with E-state index in [0.29, 0.717) is 24.9 Å². The van der Waals surface area contributed by atoms with Gasteiger partial charge >= 0.3 is 5.97 Å². The van der Waals surface area contributed by atoms with E-state index in [2.05, 4.69) is 10.4 Å². The number of aliphatic carboxylic acids is 1. The van der Waals surface area contributed by atoms with Crippen molar-refractivity contribution in [3.05, 3.63) is 53.9 Å². The Bertz CT molecular complexity index is 675. The third-order valence-corrected chi connectivity index (χ3v) is 3.91. The molecule has 1 aliphatic carbocycles. The predicted molar refractivity (Wildman–Crippen MR) is 79.4 cm³/mol. The summed E-state index contributed by atoms with van der Waals surface area (Å²) in [5.74, 6) is -1.32. The van der Waals surface area contributed by atoms with Crippen LogP contribution in [0.3, 0.4) is 0 Å². The molecule has 0 aliphatic heterocycles. The van der Waals surface area contributed by atoms with E-state index in [9.17, 15) is 9.59 Å². The molecule has 22 heavy (non-hydrogen) atoms. The lowest BCUT2D eigenvalue weighted by atomic mass is 9.80. The molecule has 0 bridgehead atoms. The number of carboxylic acids is 1. The van der Waals surface area contributed by atoms with Gasteiger partial charge in [0.2, 0.25) is 0 Å².